The molecule has 0 aromatic carbocycles. The second kappa shape index (κ2) is 6.55. The normalized spacial score (nSPS) is 40.4. The summed E-state index contributed by atoms with van der Waals surface area (Å²) in [5.41, 5.74) is 0.471. The van der Waals surface area contributed by atoms with Gasteiger partial charge in [-0.15, -0.1) is 0 Å². The number of nitrogens with one attached hydrogen (secondary N) is 1. The lowest BCUT2D eigenvalue weighted by Gasteiger charge is -2.56. The van der Waals surface area contributed by atoms with E-state index in [2.05, 4.69) is 19.2 Å². The minimum absolute atomic E-state index is 0.368. The summed E-state index contributed by atoms with van der Waals surface area (Å²) < 4.78 is 5.96. The first kappa shape index (κ1) is 15.8. The second-order valence-corrected chi connectivity index (χ2v) is 8.30. The van der Waals surface area contributed by atoms with Gasteiger partial charge in [0.25, 0.3) is 0 Å². The van der Waals surface area contributed by atoms with Crippen LogP contribution in [-0.2, 0) is 4.74 Å². The average Bonchev–Trinajstić information content (AvgIpc) is 2.43. The Balaban J connectivity index is 1.39. The van der Waals surface area contributed by atoms with E-state index in [9.17, 15) is 5.11 Å². The summed E-state index contributed by atoms with van der Waals surface area (Å²) in [4.78, 5) is 0. The summed E-state index contributed by atoms with van der Waals surface area (Å²) in [5.74, 6) is 2.95. The maximum absolute atomic E-state index is 10.0. The highest BCUT2D eigenvalue weighted by atomic mass is 16.5. The molecule has 4 rings (SSSR count). The van der Waals surface area contributed by atoms with Gasteiger partial charge in [0, 0.05) is 12.6 Å². The molecule has 4 fully saturated rings. The lowest BCUT2D eigenvalue weighted by molar-refractivity contribution is -0.105. The van der Waals surface area contributed by atoms with Gasteiger partial charge in [-0.3, -0.25) is 0 Å². The highest BCUT2D eigenvalue weighted by molar-refractivity contribution is 5.01. The van der Waals surface area contributed by atoms with Crippen molar-refractivity contribution in [2.24, 2.45) is 23.2 Å². The van der Waals surface area contributed by atoms with Gasteiger partial charge in [-0.1, -0.05) is 6.92 Å². The van der Waals surface area contributed by atoms with Crippen LogP contribution in [0.1, 0.15) is 58.8 Å². The molecule has 4 aliphatic rings. The van der Waals surface area contributed by atoms with E-state index in [-0.39, 0.29) is 6.10 Å². The van der Waals surface area contributed by atoms with E-state index < -0.39 is 0 Å². The van der Waals surface area contributed by atoms with Crippen LogP contribution in [0, 0.1) is 23.2 Å². The van der Waals surface area contributed by atoms with Crippen molar-refractivity contribution in [2.75, 3.05) is 19.8 Å². The third-order valence-corrected chi connectivity index (χ3v) is 6.20. The minimum Gasteiger partial charge on any atom is -0.389 e. The van der Waals surface area contributed by atoms with Crippen molar-refractivity contribution >= 4 is 0 Å². The van der Waals surface area contributed by atoms with Gasteiger partial charge in [0.15, 0.2) is 0 Å². The van der Waals surface area contributed by atoms with Crippen molar-refractivity contribution in [3.05, 3.63) is 0 Å². The molecule has 4 saturated carbocycles. The van der Waals surface area contributed by atoms with Crippen LogP contribution < -0.4 is 5.32 Å². The first-order valence-electron chi connectivity index (χ1n) is 9.08. The zero-order valence-electron chi connectivity index (χ0n) is 13.8. The minimum atomic E-state index is -0.368. The molecule has 0 aliphatic heterocycles. The zero-order chi connectivity index (χ0) is 14.9. The zero-order valence-corrected chi connectivity index (χ0v) is 13.8. The molecule has 122 valence electrons. The van der Waals surface area contributed by atoms with Gasteiger partial charge >= 0.3 is 0 Å². The Labute approximate surface area is 129 Å². The van der Waals surface area contributed by atoms with Gasteiger partial charge in [0.05, 0.1) is 19.3 Å². The molecular weight excluding hydrogens is 262 g/mol. The van der Waals surface area contributed by atoms with Crippen LogP contribution >= 0.6 is 0 Å². The van der Waals surface area contributed by atoms with Crippen molar-refractivity contribution in [1.29, 1.82) is 0 Å². The van der Waals surface area contributed by atoms with E-state index in [0.717, 1.165) is 30.8 Å². The van der Waals surface area contributed by atoms with Gasteiger partial charge < -0.3 is 15.2 Å². The summed E-state index contributed by atoms with van der Waals surface area (Å²) >= 11 is 0. The van der Waals surface area contributed by atoms with Crippen molar-refractivity contribution in [3.8, 4) is 0 Å². The number of rotatable bonds is 8. The van der Waals surface area contributed by atoms with Crippen LogP contribution in [0.5, 0.6) is 0 Å². The fourth-order valence-corrected chi connectivity index (χ4v) is 5.42. The number of aliphatic hydroxyl groups excluding tert-OH is 1. The second-order valence-electron chi connectivity index (χ2n) is 8.30. The van der Waals surface area contributed by atoms with E-state index in [1.165, 1.54) is 38.5 Å². The van der Waals surface area contributed by atoms with Crippen LogP contribution in [0.3, 0.4) is 0 Å². The van der Waals surface area contributed by atoms with Gasteiger partial charge in [0.2, 0.25) is 0 Å². The lowest BCUT2D eigenvalue weighted by atomic mass is 9.50. The third-order valence-electron chi connectivity index (χ3n) is 6.20. The number of ether oxygens (including phenoxy) is 1. The van der Waals surface area contributed by atoms with E-state index in [1.807, 2.05) is 0 Å². The summed E-state index contributed by atoms with van der Waals surface area (Å²) in [7, 11) is 0. The van der Waals surface area contributed by atoms with E-state index >= 15 is 0 Å². The lowest BCUT2D eigenvalue weighted by Crippen LogP contribution is -2.48. The molecule has 0 radical (unpaired) electrons. The van der Waals surface area contributed by atoms with Crippen molar-refractivity contribution in [3.63, 3.8) is 0 Å². The topological polar surface area (TPSA) is 41.5 Å². The monoisotopic (exact) mass is 295 g/mol. The molecular formula is C18H33NO2. The molecule has 0 spiro atoms. The quantitative estimate of drug-likeness (QED) is 0.723. The Morgan fingerprint density at radius 2 is 1.71 bits per heavy atom. The van der Waals surface area contributed by atoms with Gasteiger partial charge in [0.1, 0.15) is 0 Å². The molecule has 4 aliphatic carbocycles. The van der Waals surface area contributed by atoms with Gasteiger partial charge in [-0.25, -0.2) is 0 Å². The summed E-state index contributed by atoms with van der Waals surface area (Å²) in [6, 6.07) is 0.475. The molecule has 4 bridgehead atoms. The maximum atomic E-state index is 10.0. The van der Waals surface area contributed by atoms with Crippen molar-refractivity contribution < 1.29 is 9.84 Å². The fourth-order valence-electron chi connectivity index (χ4n) is 5.42. The molecule has 0 aromatic heterocycles. The molecule has 2 N–H and O–H groups in total. The Kier molecular flexibility index (Phi) is 4.92. The molecule has 0 amide bonds. The molecule has 3 nitrogen and oxygen atoms in total. The number of hydrogen-bond donors (Lipinski definition) is 2. The van der Waals surface area contributed by atoms with E-state index in [0.29, 0.717) is 24.6 Å². The molecule has 0 unspecified atom stereocenters. The highest BCUT2D eigenvalue weighted by Gasteiger charge is 2.50. The van der Waals surface area contributed by atoms with Crippen molar-refractivity contribution in [1.82, 2.24) is 5.32 Å². The summed E-state index contributed by atoms with van der Waals surface area (Å²) in [6.07, 6.45) is 9.36. The van der Waals surface area contributed by atoms with E-state index in [4.69, 9.17) is 4.74 Å². The summed E-state index contributed by atoms with van der Waals surface area (Å²) in [5, 5.41) is 13.4. The average molecular weight is 295 g/mol. The van der Waals surface area contributed by atoms with Crippen LogP contribution in [-0.4, -0.2) is 37.0 Å². The Bertz CT molecular complexity index is 309. The Hall–Kier alpha value is -0.120. The molecule has 3 heteroatoms. The first-order chi connectivity index (χ1) is 10.1. The number of aliphatic hydroxyl groups is 1. The molecule has 0 saturated heterocycles. The fraction of sp³-hybridized carbons (Fsp3) is 1.00. The van der Waals surface area contributed by atoms with Gasteiger partial charge in [-0.05, 0) is 75.0 Å². The Morgan fingerprint density at radius 3 is 2.24 bits per heavy atom. The molecule has 0 aromatic rings. The predicted octanol–water partition coefficient (Wildman–Crippen LogP) is 2.97. The van der Waals surface area contributed by atoms with E-state index in [1.54, 1.807) is 0 Å². The smallest absolute Gasteiger partial charge is 0.0897 e. The molecule has 2 atom stereocenters. The SMILES string of the molecule is CC[C@@H](C)NC[C@@H](O)COCC12CC3CC(CC(C3)C1)C2. The van der Waals surface area contributed by atoms with Crippen LogP contribution in [0.2, 0.25) is 0 Å². The maximum Gasteiger partial charge on any atom is 0.0897 e. The van der Waals surface area contributed by atoms with Crippen molar-refractivity contribution in [2.45, 2.75) is 70.9 Å². The Morgan fingerprint density at radius 1 is 1.14 bits per heavy atom. The summed E-state index contributed by atoms with van der Waals surface area (Å²) in [6.45, 7) is 6.34. The van der Waals surface area contributed by atoms with Crippen LogP contribution in [0.25, 0.3) is 0 Å². The molecule has 21 heavy (non-hydrogen) atoms. The van der Waals surface area contributed by atoms with Crippen LogP contribution in [0.4, 0.5) is 0 Å². The van der Waals surface area contributed by atoms with Gasteiger partial charge in [-0.2, -0.15) is 0 Å². The largest absolute Gasteiger partial charge is 0.389 e. The van der Waals surface area contributed by atoms with Crippen LogP contribution in [0.15, 0.2) is 0 Å². The first-order valence-corrected chi connectivity index (χ1v) is 9.08. The third kappa shape index (κ3) is 3.80. The standard InChI is InChI=1S/C18H33NO2/c1-3-13(2)19-10-17(20)11-21-12-18-7-14-4-15(8-18)6-16(5-14)9-18/h13-17,19-20H,3-12H2,1-2H3/t13-,14?,15?,16?,17-,18?/m1/s1. The molecule has 0 heterocycles. The number of hydrogen-bond acceptors (Lipinski definition) is 3. The predicted molar refractivity (Wildman–Crippen MR) is 85.2 cm³/mol. The highest BCUT2D eigenvalue weighted by Crippen LogP contribution is 2.59.